The summed E-state index contributed by atoms with van der Waals surface area (Å²) in [5.41, 5.74) is 3.02. The second-order valence-electron chi connectivity index (χ2n) is 5.90. The molecule has 1 heterocycles. The Hall–Kier alpha value is -2.60. The Morgan fingerprint density at radius 2 is 2.04 bits per heavy atom. The zero-order valence-corrected chi connectivity index (χ0v) is 14.6. The minimum atomic E-state index is -0.585. The van der Waals surface area contributed by atoms with E-state index >= 15 is 0 Å². The normalized spacial score (nSPS) is 13.3. The number of ketones is 1. The second kappa shape index (κ2) is 6.72. The Labute approximate surface area is 149 Å². The average molecular weight is 361 g/mol. The van der Waals surface area contributed by atoms with E-state index in [4.69, 9.17) is 11.6 Å². The summed E-state index contributed by atoms with van der Waals surface area (Å²) in [5, 5.41) is 2.96. The third-order valence-corrected chi connectivity index (χ3v) is 4.62. The summed E-state index contributed by atoms with van der Waals surface area (Å²) in [6.45, 7) is 1.76. The molecule has 0 saturated carbocycles. The number of carbonyl (C=O) groups excluding carboxylic acids is 3. The molecule has 1 aromatic heterocycles. The molecule has 0 unspecified atom stereocenters. The Kier molecular flexibility index (Phi) is 4.63. The van der Waals surface area contributed by atoms with Gasteiger partial charge in [-0.25, -0.2) is 4.79 Å². The molecule has 1 aliphatic rings. The molecule has 0 atom stereocenters. The molecule has 3 rings (SSSR count). The lowest BCUT2D eigenvalue weighted by atomic mass is 9.94. The molecular formula is C18H17ClN2O4. The van der Waals surface area contributed by atoms with Gasteiger partial charge in [0.05, 0.1) is 17.7 Å². The third kappa shape index (κ3) is 3.17. The summed E-state index contributed by atoms with van der Waals surface area (Å²) in [4.78, 5) is 39.4. The first kappa shape index (κ1) is 17.2. The number of Topliss-reactive ketones (excluding diaryl/α,β-unsaturated/α-hetero) is 1. The zero-order valence-electron chi connectivity index (χ0n) is 13.9. The average Bonchev–Trinajstić information content (AvgIpc) is 2.94. The summed E-state index contributed by atoms with van der Waals surface area (Å²) in [7, 11) is 1.26. The number of hydrogen-bond donors (Lipinski definition) is 2. The number of aryl methyl sites for hydroxylation is 1. The number of halogens is 1. The van der Waals surface area contributed by atoms with Crippen molar-refractivity contribution in [2.45, 2.75) is 26.2 Å². The molecule has 0 bridgehead atoms. The summed E-state index contributed by atoms with van der Waals surface area (Å²) in [5.74, 6) is -0.899. The molecule has 7 heteroatoms. The minimum Gasteiger partial charge on any atom is -0.465 e. The molecule has 1 aromatic carbocycles. The van der Waals surface area contributed by atoms with E-state index < -0.39 is 5.97 Å². The van der Waals surface area contributed by atoms with Gasteiger partial charge in [0.1, 0.15) is 5.69 Å². The van der Waals surface area contributed by atoms with E-state index in [-0.39, 0.29) is 22.3 Å². The highest BCUT2D eigenvalue weighted by Crippen LogP contribution is 2.27. The van der Waals surface area contributed by atoms with Crippen molar-refractivity contribution in [3.8, 4) is 0 Å². The van der Waals surface area contributed by atoms with E-state index in [0.29, 0.717) is 28.9 Å². The van der Waals surface area contributed by atoms with E-state index in [1.54, 1.807) is 13.0 Å². The molecule has 0 aliphatic heterocycles. The molecule has 6 nitrogen and oxygen atoms in total. The number of esters is 1. The van der Waals surface area contributed by atoms with E-state index in [0.717, 1.165) is 18.5 Å². The van der Waals surface area contributed by atoms with Crippen molar-refractivity contribution in [1.29, 1.82) is 0 Å². The number of nitrogens with one attached hydrogen (secondary N) is 2. The van der Waals surface area contributed by atoms with Gasteiger partial charge in [0.15, 0.2) is 5.78 Å². The number of fused-ring (bicyclic) bond motifs is 1. The fourth-order valence-electron chi connectivity index (χ4n) is 3.06. The highest BCUT2D eigenvalue weighted by molar-refractivity contribution is 6.33. The number of amides is 1. The van der Waals surface area contributed by atoms with Crippen LogP contribution in [0.4, 0.5) is 5.69 Å². The van der Waals surface area contributed by atoms with E-state index in [1.807, 2.05) is 0 Å². The Bertz CT molecular complexity index is 885. The first-order valence-corrected chi connectivity index (χ1v) is 8.24. The Morgan fingerprint density at radius 1 is 1.28 bits per heavy atom. The number of rotatable bonds is 3. The first-order chi connectivity index (χ1) is 11.9. The van der Waals surface area contributed by atoms with E-state index in [9.17, 15) is 14.4 Å². The van der Waals surface area contributed by atoms with Crippen LogP contribution in [-0.2, 0) is 11.2 Å². The van der Waals surface area contributed by atoms with Gasteiger partial charge < -0.3 is 15.0 Å². The number of carbonyl (C=O) groups is 3. The van der Waals surface area contributed by atoms with Crippen LogP contribution in [0.3, 0.4) is 0 Å². The van der Waals surface area contributed by atoms with E-state index in [1.165, 1.54) is 19.2 Å². The number of benzene rings is 1. The summed E-state index contributed by atoms with van der Waals surface area (Å²) in [6, 6.07) is 4.56. The van der Waals surface area contributed by atoms with Gasteiger partial charge in [0, 0.05) is 23.4 Å². The smallest absolute Gasteiger partial charge is 0.339 e. The van der Waals surface area contributed by atoms with Crippen molar-refractivity contribution in [2.24, 2.45) is 0 Å². The third-order valence-electron chi connectivity index (χ3n) is 4.29. The van der Waals surface area contributed by atoms with Gasteiger partial charge in [-0.1, -0.05) is 11.6 Å². The lowest BCUT2D eigenvalue weighted by molar-refractivity contribution is 0.0600. The van der Waals surface area contributed by atoms with Gasteiger partial charge in [-0.2, -0.15) is 0 Å². The van der Waals surface area contributed by atoms with Crippen LogP contribution in [0.5, 0.6) is 0 Å². The molecule has 0 spiro atoms. The number of anilines is 1. The van der Waals surface area contributed by atoms with Crippen LogP contribution < -0.4 is 5.32 Å². The van der Waals surface area contributed by atoms with Crippen molar-refractivity contribution in [2.75, 3.05) is 12.4 Å². The van der Waals surface area contributed by atoms with Crippen molar-refractivity contribution in [1.82, 2.24) is 4.98 Å². The standard InChI is InChI=1S/C18H17ClN2O4/c1-9-15-13(4-3-5-14(15)22)21-16(9)17(23)20-10-6-7-12(19)11(8-10)18(24)25-2/h6-8,21H,3-5H2,1-2H3,(H,20,23). The summed E-state index contributed by atoms with van der Waals surface area (Å²) in [6.07, 6.45) is 2.04. The predicted molar refractivity (Wildman–Crippen MR) is 93.5 cm³/mol. The van der Waals surface area contributed by atoms with E-state index in [2.05, 4.69) is 15.0 Å². The molecule has 2 aromatic rings. The Morgan fingerprint density at radius 3 is 2.72 bits per heavy atom. The minimum absolute atomic E-state index is 0.0634. The lowest BCUT2D eigenvalue weighted by Gasteiger charge is -2.09. The second-order valence-corrected chi connectivity index (χ2v) is 6.30. The van der Waals surface area contributed by atoms with Crippen LogP contribution >= 0.6 is 11.6 Å². The molecular weight excluding hydrogens is 344 g/mol. The van der Waals surface area contributed by atoms with Crippen LogP contribution in [0.15, 0.2) is 18.2 Å². The highest BCUT2D eigenvalue weighted by atomic mass is 35.5. The maximum atomic E-state index is 12.6. The van der Waals surface area contributed by atoms with Crippen molar-refractivity contribution in [3.05, 3.63) is 51.3 Å². The van der Waals surface area contributed by atoms with Crippen LogP contribution in [0, 0.1) is 6.92 Å². The maximum absolute atomic E-state index is 12.6. The fourth-order valence-corrected chi connectivity index (χ4v) is 3.26. The monoisotopic (exact) mass is 360 g/mol. The molecule has 2 N–H and O–H groups in total. The quantitative estimate of drug-likeness (QED) is 0.819. The van der Waals surface area contributed by atoms with Gasteiger partial charge in [0.2, 0.25) is 0 Å². The number of aromatic nitrogens is 1. The number of H-pyrrole nitrogens is 1. The largest absolute Gasteiger partial charge is 0.465 e. The maximum Gasteiger partial charge on any atom is 0.339 e. The van der Waals surface area contributed by atoms with Crippen molar-refractivity contribution in [3.63, 3.8) is 0 Å². The zero-order chi connectivity index (χ0) is 18.1. The van der Waals surface area contributed by atoms with Crippen LogP contribution in [0.1, 0.15) is 55.3 Å². The summed E-state index contributed by atoms with van der Waals surface area (Å²) < 4.78 is 4.67. The predicted octanol–water partition coefficient (Wildman–Crippen LogP) is 3.53. The van der Waals surface area contributed by atoms with Crippen LogP contribution in [0.25, 0.3) is 0 Å². The molecule has 1 amide bonds. The van der Waals surface area contributed by atoms with Gasteiger partial charge in [-0.15, -0.1) is 0 Å². The highest BCUT2D eigenvalue weighted by Gasteiger charge is 2.26. The topological polar surface area (TPSA) is 88.3 Å². The number of ether oxygens (including phenoxy) is 1. The number of hydrogen-bond acceptors (Lipinski definition) is 4. The van der Waals surface area contributed by atoms with Crippen molar-refractivity contribution >= 4 is 34.9 Å². The van der Waals surface area contributed by atoms with Crippen LogP contribution in [0.2, 0.25) is 5.02 Å². The van der Waals surface area contributed by atoms with Gasteiger partial charge in [0.25, 0.3) is 5.91 Å². The van der Waals surface area contributed by atoms with Crippen molar-refractivity contribution < 1.29 is 19.1 Å². The Balaban J connectivity index is 1.89. The molecule has 0 saturated heterocycles. The molecule has 130 valence electrons. The lowest BCUT2D eigenvalue weighted by Crippen LogP contribution is -2.14. The first-order valence-electron chi connectivity index (χ1n) is 7.86. The van der Waals surface area contributed by atoms with Gasteiger partial charge in [-0.05, 0) is 43.5 Å². The van der Waals surface area contributed by atoms with Gasteiger partial charge in [-0.3, -0.25) is 9.59 Å². The summed E-state index contributed by atoms with van der Waals surface area (Å²) >= 11 is 5.98. The molecule has 0 fully saturated rings. The van der Waals surface area contributed by atoms with Gasteiger partial charge >= 0.3 is 5.97 Å². The fraction of sp³-hybridized carbons (Fsp3) is 0.278. The SMILES string of the molecule is COC(=O)c1cc(NC(=O)c2[nH]c3c(c2C)C(=O)CCC3)ccc1Cl. The molecule has 1 aliphatic carbocycles. The van der Waals surface area contributed by atoms with Crippen LogP contribution in [-0.4, -0.2) is 29.8 Å². The molecule has 0 radical (unpaired) electrons. The molecule has 25 heavy (non-hydrogen) atoms. The number of methoxy groups -OCH3 is 1. The number of aromatic amines is 1.